The van der Waals surface area contributed by atoms with E-state index in [1.165, 1.54) is 0 Å². The summed E-state index contributed by atoms with van der Waals surface area (Å²) < 4.78 is 23.4. The topological polar surface area (TPSA) is 37.4 Å². The van der Waals surface area contributed by atoms with Crippen molar-refractivity contribution in [2.24, 2.45) is 0 Å². The first-order valence-electron chi connectivity index (χ1n) is 3.55. The first-order chi connectivity index (χ1) is 6.05. The van der Waals surface area contributed by atoms with Gasteiger partial charge >= 0.3 is 0 Å². The maximum Gasteiger partial charge on any atom is 0.236 e. The Bertz CT molecular complexity index is 386. The van der Waals surface area contributed by atoms with Crippen molar-refractivity contribution in [2.45, 2.75) is 0 Å². The molecule has 70 valence electrons. The van der Waals surface area contributed by atoms with E-state index in [1.54, 1.807) is 24.3 Å². The molecule has 3 nitrogen and oxygen atoms in total. The summed E-state index contributed by atoms with van der Waals surface area (Å²) in [6, 6.07) is 8.69. The van der Waals surface area contributed by atoms with Gasteiger partial charge in [-0.05, 0) is 12.1 Å². The van der Waals surface area contributed by atoms with E-state index in [-0.39, 0.29) is 0 Å². The Morgan fingerprint density at radius 1 is 1.31 bits per heavy atom. The van der Waals surface area contributed by atoms with Crippen molar-refractivity contribution < 1.29 is 8.42 Å². The molecule has 1 rings (SSSR count). The minimum atomic E-state index is -3.29. The molecule has 0 aliphatic heterocycles. The number of hydrogen-bond donors (Lipinski definition) is 0. The van der Waals surface area contributed by atoms with Crippen LogP contribution in [-0.2, 0) is 10.0 Å². The van der Waals surface area contributed by atoms with E-state index < -0.39 is 10.0 Å². The van der Waals surface area contributed by atoms with Gasteiger partial charge in [0.2, 0.25) is 10.0 Å². The fourth-order valence-electron chi connectivity index (χ4n) is 0.905. The number of rotatable bonds is 3. The molecule has 0 heterocycles. The third-order valence-corrected chi connectivity index (χ3v) is 2.84. The van der Waals surface area contributed by atoms with Gasteiger partial charge in [-0.3, -0.25) is 0 Å². The van der Waals surface area contributed by atoms with Crippen molar-refractivity contribution in [3.05, 3.63) is 30.3 Å². The highest BCUT2D eigenvalue weighted by Crippen LogP contribution is 2.14. The summed E-state index contributed by atoms with van der Waals surface area (Å²) in [5.74, 6) is 0. The van der Waals surface area contributed by atoms with Gasteiger partial charge in [-0.25, -0.2) is 12.7 Å². The minimum absolute atomic E-state index is 0.556. The average molecular weight is 215 g/mol. The summed E-state index contributed by atoms with van der Waals surface area (Å²) in [4.78, 5) is 0. The number of nitrogens with zero attached hydrogens (tertiary/aromatic N) is 1. The van der Waals surface area contributed by atoms with Crippen LogP contribution in [0.3, 0.4) is 0 Å². The second-order valence-corrected chi connectivity index (χ2v) is 4.57. The van der Waals surface area contributed by atoms with Crippen LogP contribution < -0.4 is 4.31 Å². The molecule has 0 saturated carbocycles. The molecule has 13 heavy (non-hydrogen) atoms. The predicted octanol–water partition coefficient (Wildman–Crippen LogP) is 1.41. The molecule has 0 N–H and O–H groups in total. The van der Waals surface area contributed by atoms with Crippen molar-refractivity contribution in [1.29, 1.82) is 0 Å². The lowest BCUT2D eigenvalue weighted by Gasteiger charge is -2.15. The fraction of sp³-hybridized carbons (Fsp3) is 0.125. The van der Waals surface area contributed by atoms with E-state index in [4.69, 9.17) is 0 Å². The molecule has 0 unspecified atom stereocenters. The smallest absolute Gasteiger partial charge is 0.235 e. The van der Waals surface area contributed by atoms with Crippen molar-refractivity contribution in [1.82, 2.24) is 0 Å². The molecular formula is C8H9NO2S2. The Hall–Kier alpha value is -0.940. The zero-order valence-electron chi connectivity index (χ0n) is 7.04. The van der Waals surface area contributed by atoms with Crippen LogP contribution in [0.25, 0.3) is 0 Å². The lowest BCUT2D eigenvalue weighted by atomic mass is 10.3. The van der Waals surface area contributed by atoms with Gasteiger partial charge in [-0.1, -0.05) is 30.4 Å². The molecule has 0 amide bonds. The molecule has 0 aromatic heterocycles. The molecule has 0 spiro atoms. The van der Waals surface area contributed by atoms with Crippen LogP contribution in [-0.4, -0.2) is 20.2 Å². The van der Waals surface area contributed by atoms with Crippen LogP contribution in [0, 0.1) is 0 Å². The van der Waals surface area contributed by atoms with Crippen LogP contribution in [0.5, 0.6) is 0 Å². The number of benzene rings is 1. The summed E-state index contributed by atoms with van der Waals surface area (Å²) in [5.41, 5.74) is 1.67. The maximum atomic E-state index is 11.2. The van der Waals surface area contributed by atoms with Gasteiger partial charge in [0.1, 0.15) is 0 Å². The number of sulfonamides is 1. The van der Waals surface area contributed by atoms with Crippen LogP contribution in [0.4, 0.5) is 5.69 Å². The summed E-state index contributed by atoms with van der Waals surface area (Å²) in [7, 11) is -3.29. The van der Waals surface area contributed by atoms with Crippen molar-refractivity contribution in [3.63, 3.8) is 0 Å². The van der Waals surface area contributed by atoms with Gasteiger partial charge in [0, 0.05) is 0 Å². The van der Waals surface area contributed by atoms with E-state index in [2.05, 4.69) is 12.2 Å². The Kier molecular flexibility index (Phi) is 3.00. The van der Waals surface area contributed by atoms with Crippen LogP contribution >= 0.6 is 12.2 Å². The molecule has 0 aliphatic carbocycles. The first kappa shape index (κ1) is 10.1. The van der Waals surface area contributed by atoms with Gasteiger partial charge in [0.05, 0.1) is 17.4 Å². The Labute approximate surface area is 83.0 Å². The summed E-state index contributed by atoms with van der Waals surface area (Å²) >= 11 is 4.63. The van der Waals surface area contributed by atoms with Crippen molar-refractivity contribution in [2.75, 3.05) is 10.6 Å². The number of hydrogen-bond acceptors (Lipinski definition) is 3. The molecule has 0 radical (unpaired) electrons. The second-order valence-electron chi connectivity index (χ2n) is 2.50. The lowest BCUT2D eigenvalue weighted by Crippen LogP contribution is -2.27. The molecule has 0 aliphatic rings. The molecule has 0 fully saturated rings. The van der Waals surface area contributed by atoms with Gasteiger partial charge < -0.3 is 0 Å². The van der Waals surface area contributed by atoms with E-state index in [9.17, 15) is 8.42 Å². The predicted molar refractivity (Wildman–Crippen MR) is 57.4 cm³/mol. The Morgan fingerprint density at radius 3 is 2.23 bits per heavy atom. The molecule has 0 atom stereocenters. The minimum Gasteiger partial charge on any atom is -0.235 e. The standard InChI is InChI=1S/C8H9NO2S2/c1-13(10,11)9(7-12)8-5-3-2-4-6-8/h2-7H,1H3. The lowest BCUT2D eigenvalue weighted by molar-refractivity contribution is 0.603. The molecule has 5 heteroatoms. The third kappa shape index (κ3) is 2.50. The summed E-state index contributed by atoms with van der Waals surface area (Å²) in [6.45, 7) is 0. The molecule has 1 aromatic rings. The zero-order chi connectivity index (χ0) is 9.90. The van der Waals surface area contributed by atoms with Crippen LogP contribution in [0.2, 0.25) is 0 Å². The van der Waals surface area contributed by atoms with Crippen molar-refractivity contribution in [3.8, 4) is 0 Å². The monoisotopic (exact) mass is 215 g/mol. The third-order valence-electron chi connectivity index (χ3n) is 1.46. The maximum absolute atomic E-state index is 11.2. The summed E-state index contributed by atoms with van der Waals surface area (Å²) in [6.07, 6.45) is 1.11. The van der Waals surface area contributed by atoms with Crippen LogP contribution in [0.1, 0.15) is 0 Å². The Balaban J connectivity index is 3.13. The highest BCUT2D eigenvalue weighted by atomic mass is 32.2. The SMILES string of the molecule is CS(=O)(=O)N(C=S)c1ccccc1. The summed E-state index contributed by atoms with van der Waals surface area (Å²) in [5, 5.41) is 0. The normalized spacial score (nSPS) is 10.8. The number of para-hydroxylation sites is 1. The van der Waals surface area contributed by atoms with E-state index in [1.807, 2.05) is 6.07 Å². The number of anilines is 1. The van der Waals surface area contributed by atoms with E-state index >= 15 is 0 Å². The largest absolute Gasteiger partial charge is 0.236 e. The van der Waals surface area contributed by atoms with Crippen LogP contribution in [0.15, 0.2) is 30.3 Å². The quantitative estimate of drug-likeness (QED) is 0.715. The molecule has 0 bridgehead atoms. The molecule has 0 saturated heterocycles. The highest BCUT2D eigenvalue weighted by Gasteiger charge is 2.13. The van der Waals surface area contributed by atoms with Gasteiger partial charge in [0.25, 0.3) is 0 Å². The van der Waals surface area contributed by atoms with E-state index in [0.29, 0.717) is 5.69 Å². The van der Waals surface area contributed by atoms with Gasteiger partial charge in [-0.2, -0.15) is 0 Å². The second kappa shape index (κ2) is 3.85. The Morgan fingerprint density at radius 2 is 1.85 bits per heavy atom. The van der Waals surface area contributed by atoms with Gasteiger partial charge in [0.15, 0.2) is 0 Å². The van der Waals surface area contributed by atoms with Crippen molar-refractivity contribution >= 4 is 33.4 Å². The number of thiocarbonyl (C=S) groups is 1. The van der Waals surface area contributed by atoms with Gasteiger partial charge in [-0.15, -0.1) is 0 Å². The van der Waals surface area contributed by atoms with E-state index in [0.717, 1.165) is 16.1 Å². The molecule has 1 aromatic carbocycles. The average Bonchev–Trinajstić information content (AvgIpc) is 2.05. The molecular weight excluding hydrogens is 206 g/mol. The zero-order valence-corrected chi connectivity index (χ0v) is 8.68. The fourth-order valence-corrected chi connectivity index (χ4v) is 2.16. The first-order valence-corrected chi connectivity index (χ1v) is 5.87. The highest BCUT2D eigenvalue weighted by molar-refractivity contribution is 7.94.